The monoisotopic (exact) mass is 328 g/mol. The Hall–Kier alpha value is -2.33. The molecule has 0 bridgehead atoms. The first-order valence-corrected chi connectivity index (χ1v) is 7.95. The number of hydrogen-bond donors (Lipinski definition) is 0. The molecule has 23 heavy (non-hydrogen) atoms. The van der Waals surface area contributed by atoms with E-state index in [1.54, 1.807) is 0 Å². The summed E-state index contributed by atoms with van der Waals surface area (Å²) >= 11 is 6.05. The fraction of sp³-hybridized carbons (Fsp3) is 0.222. The van der Waals surface area contributed by atoms with E-state index in [9.17, 15) is 4.79 Å². The number of fused-ring (bicyclic) bond motifs is 1. The summed E-state index contributed by atoms with van der Waals surface area (Å²) in [5.74, 6) is 1.18. The van der Waals surface area contributed by atoms with Crippen molar-refractivity contribution in [2.45, 2.75) is 19.4 Å². The Balaban J connectivity index is 1.57. The molecule has 0 fully saturated rings. The van der Waals surface area contributed by atoms with E-state index in [-0.39, 0.29) is 0 Å². The fourth-order valence-corrected chi connectivity index (χ4v) is 2.73. The maximum Gasteiger partial charge on any atom is 0.185 e. The van der Waals surface area contributed by atoms with E-state index in [4.69, 9.17) is 16.3 Å². The lowest BCUT2D eigenvalue weighted by molar-refractivity contribution is 0.111. The van der Waals surface area contributed by atoms with Gasteiger partial charge in [0, 0.05) is 6.54 Å². The lowest BCUT2D eigenvalue weighted by atomic mass is 10.3. The summed E-state index contributed by atoms with van der Waals surface area (Å²) in [6.45, 7) is 1.33. The minimum Gasteiger partial charge on any atom is -0.492 e. The van der Waals surface area contributed by atoms with Crippen molar-refractivity contribution in [2.75, 3.05) is 6.61 Å². The zero-order chi connectivity index (χ0) is 16.1. The predicted molar refractivity (Wildman–Crippen MR) is 91.3 cm³/mol. The van der Waals surface area contributed by atoms with Crippen LogP contribution in [0.5, 0.6) is 5.75 Å². The van der Waals surface area contributed by atoms with Gasteiger partial charge in [0.1, 0.15) is 5.75 Å². The van der Waals surface area contributed by atoms with Gasteiger partial charge in [-0.25, -0.2) is 4.98 Å². The third kappa shape index (κ3) is 3.54. The van der Waals surface area contributed by atoms with E-state index >= 15 is 0 Å². The lowest BCUT2D eigenvalue weighted by Gasteiger charge is -2.09. The van der Waals surface area contributed by atoms with E-state index in [0.29, 0.717) is 23.2 Å². The molecule has 1 heterocycles. The van der Waals surface area contributed by atoms with Gasteiger partial charge in [-0.05, 0) is 37.1 Å². The first kappa shape index (κ1) is 15.6. The van der Waals surface area contributed by atoms with E-state index in [2.05, 4.69) is 4.98 Å². The molecule has 4 nitrogen and oxygen atoms in total. The van der Waals surface area contributed by atoms with Crippen LogP contribution in [0, 0.1) is 0 Å². The molecule has 0 atom stereocenters. The topological polar surface area (TPSA) is 44.1 Å². The summed E-state index contributed by atoms with van der Waals surface area (Å²) in [6.07, 6.45) is 2.57. The number of nitrogens with zero attached hydrogens (tertiary/aromatic N) is 2. The summed E-state index contributed by atoms with van der Waals surface area (Å²) in [5, 5.41) is 0.622. The number of benzene rings is 2. The third-order valence-corrected chi connectivity index (χ3v) is 3.97. The molecule has 0 aliphatic heterocycles. The van der Waals surface area contributed by atoms with Gasteiger partial charge in [0.15, 0.2) is 12.1 Å². The molecule has 0 saturated heterocycles. The summed E-state index contributed by atoms with van der Waals surface area (Å²) in [6, 6.07) is 15.2. The number of ether oxygens (including phenoxy) is 1. The van der Waals surface area contributed by atoms with Crippen LogP contribution in [0.15, 0.2) is 48.5 Å². The number of imidazole rings is 1. The summed E-state index contributed by atoms with van der Waals surface area (Å²) < 4.78 is 7.63. The minimum atomic E-state index is 0.471. The molecule has 5 heteroatoms. The van der Waals surface area contributed by atoms with Gasteiger partial charge in [0.05, 0.1) is 22.7 Å². The summed E-state index contributed by atoms with van der Waals surface area (Å²) in [7, 11) is 0. The molecular formula is C18H17ClN2O2. The van der Waals surface area contributed by atoms with Crippen molar-refractivity contribution in [2.24, 2.45) is 0 Å². The van der Waals surface area contributed by atoms with Crippen molar-refractivity contribution in [1.82, 2.24) is 9.55 Å². The molecule has 0 amide bonds. The van der Waals surface area contributed by atoms with Gasteiger partial charge in [0.25, 0.3) is 0 Å². The number of halogens is 1. The fourth-order valence-electron chi connectivity index (χ4n) is 2.53. The van der Waals surface area contributed by atoms with Crippen molar-refractivity contribution in [3.05, 3.63) is 59.4 Å². The Bertz CT molecular complexity index is 814. The highest BCUT2D eigenvalue weighted by molar-refractivity contribution is 6.32. The Morgan fingerprint density at radius 3 is 2.70 bits per heavy atom. The molecule has 0 saturated carbocycles. The quantitative estimate of drug-likeness (QED) is 0.478. The van der Waals surface area contributed by atoms with Crippen LogP contribution in [-0.4, -0.2) is 22.4 Å². The average molecular weight is 329 g/mol. The molecule has 0 radical (unpaired) electrons. The Morgan fingerprint density at radius 1 is 1.09 bits per heavy atom. The summed E-state index contributed by atoms with van der Waals surface area (Å²) in [5.41, 5.74) is 1.84. The van der Waals surface area contributed by atoms with Crippen molar-refractivity contribution in [1.29, 1.82) is 0 Å². The van der Waals surface area contributed by atoms with Crippen molar-refractivity contribution in [3.8, 4) is 5.75 Å². The molecule has 1 aromatic heterocycles. The molecule has 0 aliphatic rings. The Labute approximate surface area is 139 Å². The van der Waals surface area contributed by atoms with Gasteiger partial charge < -0.3 is 9.30 Å². The van der Waals surface area contributed by atoms with Crippen molar-refractivity contribution < 1.29 is 9.53 Å². The number of carbonyl (C=O) groups is 1. The summed E-state index contributed by atoms with van der Waals surface area (Å²) in [4.78, 5) is 15.5. The number of carbonyl (C=O) groups excluding carboxylic acids is 1. The van der Waals surface area contributed by atoms with E-state index < -0.39 is 0 Å². The number of para-hydroxylation sites is 3. The predicted octanol–water partition coefficient (Wildman–Crippen LogP) is 4.36. The van der Waals surface area contributed by atoms with Gasteiger partial charge in [-0.1, -0.05) is 35.9 Å². The molecule has 0 aliphatic carbocycles. The van der Waals surface area contributed by atoms with Gasteiger partial charge in [-0.3, -0.25) is 4.79 Å². The van der Waals surface area contributed by atoms with Crippen LogP contribution in [0.1, 0.15) is 23.5 Å². The SMILES string of the molecule is O=Cc1nc2ccccc2n1CCCCOc1ccccc1Cl. The Morgan fingerprint density at radius 2 is 1.87 bits per heavy atom. The number of aldehydes is 1. The van der Waals surface area contributed by atoms with Crippen molar-refractivity contribution in [3.63, 3.8) is 0 Å². The van der Waals surface area contributed by atoms with Gasteiger partial charge in [-0.2, -0.15) is 0 Å². The van der Waals surface area contributed by atoms with Crippen LogP contribution >= 0.6 is 11.6 Å². The Kier molecular flexibility index (Phi) is 4.93. The maximum absolute atomic E-state index is 11.2. The van der Waals surface area contributed by atoms with Crippen LogP contribution in [0.2, 0.25) is 5.02 Å². The smallest absolute Gasteiger partial charge is 0.185 e. The highest BCUT2D eigenvalue weighted by Gasteiger charge is 2.09. The first-order chi connectivity index (χ1) is 11.3. The van der Waals surface area contributed by atoms with Crippen LogP contribution < -0.4 is 4.74 Å². The van der Waals surface area contributed by atoms with E-state index in [1.165, 1.54) is 0 Å². The van der Waals surface area contributed by atoms with Crippen LogP contribution in [0.25, 0.3) is 11.0 Å². The number of hydrogen-bond acceptors (Lipinski definition) is 3. The largest absolute Gasteiger partial charge is 0.492 e. The van der Waals surface area contributed by atoms with Crippen LogP contribution in [0.4, 0.5) is 0 Å². The number of aromatic nitrogens is 2. The van der Waals surface area contributed by atoms with Crippen molar-refractivity contribution >= 4 is 28.9 Å². The molecule has 2 aromatic carbocycles. The van der Waals surface area contributed by atoms with E-state index in [0.717, 1.165) is 36.7 Å². The second-order valence-electron chi connectivity index (χ2n) is 5.21. The molecule has 118 valence electrons. The lowest BCUT2D eigenvalue weighted by Crippen LogP contribution is -2.05. The minimum absolute atomic E-state index is 0.471. The van der Waals surface area contributed by atoms with Gasteiger partial charge >= 0.3 is 0 Å². The number of aryl methyl sites for hydroxylation is 1. The zero-order valence-corrected chi connectivity index (χ0v) is 13.4. The first-order valence-electron chi connectivity index (χ1n) is 7.57. The molecule has 0 spiro atoms. The number of rotatable bonds is 7. The second kappa shape index (κ2) is 7.29. The van der Waals surface area contributed by atoms with Crippen LogP contribution in [-0.2, 0) is 6.54 Å². The molecule has 3 rings (SSSR count). The molecular weight excluding hydrogens is 312 g/mol. The average Bonchev–Trinajstić information content (AvgIpc) is 2.94. The third-order valence-electron chi connectivity index (χ3n) is 3.66. The second-order valence-corrected chi connectivity index (χ2v) is 5.62. The maximum atomic E-state index is 11.2. The normalized spacial score (nSPS) is 10.8. The molecule has 0 unspecified atom stereocenters. The van der Waals surface area contributed by atoms with Gasteiger partial charge in [-0.15, -0.1) is 0 Å². The highest BCUT2D eigenvalue weighted by Crippen LogP contribution is 2.23. The molecule has 3 aromatic rings. The number of unbranched alkanes of at least 4 members (excludes halogenated alkanes) is 1. The highest BCUT2D eigenvalue weighted by atomic mass is 35.5. The molecule has 0 N–H and O–H groups in total. The van der Waals surface area contributed by atoms with Crippen LogP contribution in [0.3, 0.4) is 0 Å². The zero-order valence-electron chi connectivity index (χ0n) is 12.6. The standard InChI is InChI=1S/C18H17ClN2O2/c19-14-7-1-4-10-17(14)23-12-6-5-11-21-16-9-3-2-8-15(16)20-18(21)13-22/h1-4,7-10,13H,5-6,11-12H2. The van der Waals surface area contributed by atoms with E-state index in [1.807, 2.05) is 53.1 Å². The van der Waals surface area contributed by atoms with Gasteiger partial charge in [0.2, 0.25) is 0 Å².